The summed E-state index contributed by atoms with van der Waals surface area (Å²) in [6.45, 7) is 6.60. The van der Waals surface area contributed by atoms with E-state index in [2.05, 4.69) is 19.8 Å². The van der Waals surface area contributed by atoms with E-state index < -0.39 is 0 Å². The van der Waals surface area contributed by atoms with Crippen LogP contribution in [-0.4, -0.2) is 81.1 Å². The van der Waals surface area contributed by atoms with E-state index in [0.29, 0.717) is 17.8 Å². The normalized spacial score (nSPS) is 31.4. The first kappa shape index (κ1) is 19.7. The van der Waals surface area contributed by atoms with Crippen molar-refractivity contribution in [3.05, 3.63) is 6.07 Å². The maximum absolute atomic E-state index is 5.90. The maximum atomic E-state index is 5.90. The van der Waals surface area contributed by atoms with Gasteiger partial charge in [-0.15, -0.1) is 0 Å². The van der Waals surface area contributed by atoms with Crippen LogP contribution in [0.5, 0.6) is 5.88 Å². The molecule has 3 aliphatic rings. The van der Waals surface area contributed by atoms with Crippen molar-refractivity contribution < 1.29 is 14.2 Å². The molecule has 0 amide bonds. The number of fused-ring (bicyclic) bond motifs is 1. The quantitative estimate of drug-likeness (QED) is 0.806. The molecule has 0 unspecified atom stereocenters. The lowest BCUT2D eigenvalue weighted by molar-refractivity contribution is -0.0540. The molecule has 0 bridgehead atoms. The molecule has 1 aliphatic carbocycles. The maximum Gasteiger partial charge on any atom is 0.225 e. The SMILES string of the molecule is COC[C@]12CC[C@H](N3CCOCC3)C[C@@H]1CCN(c1cc(OC)nc(N)n1)C2. The molecule has 2 saturated heterocycles. The van der Waals surface area contributed by atoms with Gasteiger partial charge >= 0.3 is 0 Å². The Balaban J connectivity index is 1.50. The van der Waals surface area contributed by atoms with Crippen LogP contribution in [0.25, 0.3) is 0 Å². The molecule has 4 rings (SSSR count). The van der Waals surface area contributed by atoms with Crippen LogP contribution in [0.1, 0.15) is 25.7 Å². The Morgan fingerprint density at radius 3 is 2.79 bits per heavy atom. The first-order chi connectivity index (χ1) is 13.6. The van der Waals surface area contributed by atoms with Crippen molar-refractivity contribution in [3.8, 4) is 5.88 Å². The van der Waals surface area contributed by atoms with Gasteiger partial charge in [-0.25, -0.2) is 0 Å². The Hall–Kier alpha value is -1.64. The van der Waals surface area contributed by atoms with Crippen LogP contribution in [0.15, 0.2) is 6.07 Å². The summed E-state index contributed by atoms with van der Waals surface area (Å²) in [5, 5.41) is 0. The number of hydrogen-bond donors (Lipinski definition) is 1. The number of methoxy groups -OCH3 is 2. The van der Waals surface area contributed by atoms with E-state index in [1.165, 1.54) is 19.3 Å². The summed E-state index contributed by atoms with van der Waals surface area (Å²) in [6, 6.07) is 2.57. The lowest BCUT2D eigenvalue weighted by atomic mass is 9.62. The van der Waals surface area contributed by atoms with E-state index in [9.17, 15) is 0 Å². The number of morpholine rings is 1. The van der Waals surface area contributed by atoms with Crippen LogP contribution in [0, 0.1) is 11.3 Å². The van der Waals surface area contributed by atoms with Crippen molar-refractivity contribution in [1.82, 2.24) is 14.9 Å². The predicted octanol–water partition coefficient (Wildman–Crippen LogP) is 1.41. The molecule has 8 heteroatoms. The summed E-state index contributed by atoms with van der Waals surface area (Å²) in [7, 11) is 3.43. The zero-order valence-electron chi connectivity index (χ0n) is 17.1. The number of aromatic nitrogens is 2. The van der Waals surface area contributed by atoms with Crippen molar-refractivity contribution in [1.29, 1.82) is 0 Å². The highest BCUT2D eigenvalue weighted by atomic mass is 16.5. The molecule has 0 radical (unpaired) electrons. The molecule has 3 fully saturated rings. The first-order valence-electron chi connectivity index (χ1n) is 10.4. The van der Waals surface area contributed by atoms with Gasteiger partial charge in [0.15, 0.2) is 0 Å². The lowest BCUT2D eigenvalue weighted by Crippen LogP contribution is -2.57. The lowest BCUT2D eigenvalue weighted by Gasteiger charge is -2.54. The second-order valence-electron chi connectivity index (χ2n) is 8.41. The Labute approximate surface area is 167 Å². The van der Waals surface area contributed by atoms with E-state index in [0.717, 1.165) is 58.2 Å². The number of ether oxygens (including phenoxy) is 3. The van der Waals surface area contributed by atoms with Gasteiger partial charge in [0.1, 0.15) is 5.82 Å². The average Bonchev–Trinajstić information content (AvgIpc) is 2.73. The third-order valence-corrected chi connectivity index (χ3v) is 6.88. The predicted molar refractivity (Wildman–Crippen MR) is 108 cm³/mol. The fourth-order valence-corrected chi connectivity index (χ4v) is 5.45. The Bertz CT molecular complexity index is 669. The molecule has 2 aliphatic heterocycles. The number of piperidine rings is 1. The van der Waals surface area contributed by atoms with Crippen molar-refractivity contribution in [2.24, 2.45) is 11.3 Å². The second-order valence-corrected chi connectivity index (χ2v) is 8.41. The summed E-state index contributed by atoms with van der Waals surface area (Å²) >= 11 is 0. The molecule has 0 spiro atoms. The summed E-state index contributed by atoms with van der Waals surface area (Å²) in [6.07, 6.45) is 4.81. The van der Waals surface area contributed by atoms with E-state index >= 15 is 0 Å². The van der Waals surface area contributed by atoms with Gasteiger partial charge in [-0.05, 0) is 31.6 Å². The molecule has 8 nitrogen and oxygen atoms in total. The number of nitrogens with two attached hydrogens (primary N) is 1. The average molecular weight is 392 g/mol. The Kier molecular flexibility index (Phi) is 5.89. The molecule has 1 aromatic rings. The number of rotatable bonds is 5. The van der Waals surface area contributed by atoms with Gasteiger partial charge in [0.2, 0.25) is 11.8 Å². The van der Waals surface area contributed by atoms with Gasteiger partial charge in [0.05, 0.1) is 26.9 Å². The van der Waals surface area contributed by atoms with Crippen molar-refractivity contribution in [2.75, 3.05) is 70.9 Å². The van der Waals surface area contributed by atoms with Crippen LogP contribution >= 0.6 is 0 Å². The van der Waals surface area contributed by atoms with Gasteiger partial charge < -0.3 is 24.8 Å². The highest BCUT2D eigenvalue weighted by molar-refractivity contribution is 5.46. The first-order valence-corrected chi connectivity index (χ1v) is 10.4. The van der Waals surface area contributed by atoms with E-state index in [1.54, 1.807) is 7.11 Å². The van der Waals surface area contributed by atoms with E-state index in [1.807, 2.05) is 13.2 Å². The zero-order chi connectivity index (χ0) is 19.6. The van der Waals surface area contributed by atoms with E-state index in [-0.39, 0.29) is 11.4 Å². The largest absolute Gasteiger partial charge is 0.481 e. The number of nitrogens with zero attached hydrogens (tertiary/aromatic N) is 4. The van der Waals surface area contributed by atoms with Crippen LogP contribution in [0.2, 0.25) is 0 Å². The summed E-state index contributed by atoms with van der Waals surface area (Å²) in [4.78, 5) is 13.6. The molecule has 28 heavy (non-hydrogen) atoms. The molecule has 2 N–H and O–H groups in total. The summed E-state index contributed by atoms with van der Waals surface area (Å²) in [5.41, 5.74) is 6.07. The monoisotopic (exact) mass is 391 g/mol. The third-order valence-electron chi connectivity index (χ3n) is 6.88. The van der Waals surface area contributed by atoms with Crippen molar-refractivity contribution in [2.45, 2.75) is 31.7 Å². The van der Waals surface area contributed by atoms with Gasteiger partial charge in [0.25, 0.3) is 0 Å². The topological polar surface area (TPSA) is 86.0 Å². The number of hydrogen-bond acceptors (Lipinski definition) is 8. The fraction of sp³-hybridized carbons (Fsp3) is 0.800. The fourth-order valence-electron chi connectivity index (χ4n) is 5.45. The highest BCUT2D eigenvalue weighted by Gasteiger charge is 2.48. The van der Waals surface area contributed by atoms with Crippen molar-refractivity contribution >= 4 is 11.8 Å². The minimum absolute atomic E-state index is 0.169. The highest BCUT2D eigenvalue weighted by Crippen LogP contribution is 2.48. The van der Waals surface area contributed by atoms with Gasteiger partial charge in [-0.3, -0.25) is 4.90 Å². The molecule has 1 saturated carbocycles. The van der Waals surface area contributed by atoms with Crippen LogP contribution in [0.3, 0.4) is 0 Å². The van der Waals surface area contributed by atoms with Crippen LogP contribution in [0.4, 0.5) is 11.8 Å². The minimum atomic E-state index is 0.169. The van der Waals surface area contributed by atoms with Gasteiger partial charge in [-0.1, -0.05) is 0 Å². The van der Waals surface area contributed by atoms with Crippen LogP contribution in [-0.2, 0) is 9.47 Å². The molecule has 3 atom stereocenters. The summed E-state index contributed by atoms with van der Waals surface area (Å²) in [5.74, 6) is 2.30. The second kappa shape index (κ2) is 8.39. The Morgan fingerprint density at radius 1 is 1.21 bits per heavy atom. The number of anilines is 2. The number of nitrogen functional groups attached to an aromatic ring is 1. The smallest absolute Gasteiger partial charge is 0.225 e. The zero-order valence-corrected chi connectivity index (χ0v) is 17.1. The molecule has 156 valence electrons. The van der Waals surface area contributed by atoms with Gasteiger partial charge in [-0.2, -0.15) is 9.97 Å². The molecular weight excluding hydrogens is 358 g/mol. The minimum Gasteiger partial charge on any atom is -0.481 e. The van der Waals surface area contributed by atoms with Crippen molar-refractivity contribution in [3.63, 3.8) is 0 Å². The van der Waals surface area contributed by atoms with E-state index in [4.69, 9.17) is 19.9 Å². The Morgan fingerprint density at radius 2 is 2.04 bits per heavy atom. The van der Waals surface area contributed by atoms with Crippen LogP contribution < -0.4 is 15.4 Å². The molecule has 0 aromatic carbocycles. The molecule has 1 aromatic heterocycles. The molecular formula is C20H33N5O3. The summed E-state index contributed by atoms with van der Waals surface area (Å²) < 4.78 is 16.6. The van der Waals surface area contributed by atoms with Gasteiger partial charge in [0, 0.05) is 50.8 Å². The molecule has 3 heterocycles. The standard InChI is InChI=1S/C20H33N5O3/c1-26-14-20-5-3-16(24-7-9-28-10-8-24)11-15(20)4-6-25(13-20)17-12-18(27-2)23-19(21)22-17/h12,15-16H,3-11,13-14H2,1-2H3,(H2,21,22,23)/t15-,16-,20+/m0/s1. The third kappa shape index (κ3) is 3.90.